The van der Waals surface area contributed by atoms with Crippen LogP contribution in [0, 0.1) is 0 Å². The molecule has 0 fully saturated rings. The van der Waals surface area contributed by atoms with Gasteiger partial charge in [-0.25, -0.2) is 4.79 Å². The molecule has 1 rings (SSSR count). The molecule has 0 aromatic heterocycles. The summed E-state index contributed by atoms with van der Waals surface area (Å²) in [6.45, 7) is 0.0988. The summed E-state index contributed by atoms with van der Waals surface area (Å²) in [4.78, 5) is 11.1. The molecule has 0 aliphatic heterocycles. The summed E-state index contributed by atoms with van der Waals surface area (Å²) in [6.07, 6.45) is -0.734. The Balaban J connectivity index is 0.00000196. The first-order chi connectivity index (χ1) is 6.77. The van der Waals surface area contributed by atoms with E-state index in [1.54, 1.807) is 12.1 Å². The van der Waals surface area contributed by atoms with E-state index >= 15 is 0 Å². The number of benzene rings is 1. The van der Waals surface area contributed by atoms with Crippen molar-refractivity contribution in [2.45, 2.75) is 6.10 Å². The van der Waals surface area contributed by atoms with Gasteiger partial charge in [0, 0.05) is 6.54 Å². The molecular formula is C10H14ClNO3. The van der Waals surface area contributed by atoms with Crippen molar-refractivity contribution >= 4 is 18.4 Å². The summed E-state index contributed by atoms with van der Waals surface area (Å²) >= 11 is 0. The highest BCUT2D eigenvalue weighted by molar-refractivity contribution is 5.85. The maximum Gasteiger partial charge on any atom is 0.348 e. The van der Waals surface area contributed by atoms with E-state index in [0.717, 1.165) is 0 Å². The average molecular weight is 232 g/mol. The highest BCUT2D eigenvalue weighted by Gasteiger charge is 2.18. The molecule has 0 spiro atoms. The van der Waals surface area contributed by atoms with Gasteiger partial charge in [0.15, 0.2) is 0 Å². The molecule has 0 heterocycles. The monoisotopic (exact) mass is 231 g/mol. The van der Waals surface area contributed by atoms with Crippen LogP contribution in [0.4, 0.5) is 0 Å². The molecule has 0 aliphatic rings. The van der Waals surface area contributed by atoms with Crippen LogP contribution in [0.25, 0.3) is 0 Å². The second-order valence-corrected chi connectivity index (χ2v) is 2.68. The lowest BCUT2D eigenvalue weighted by molar-refractivity contribution is -0.148. The van der Waals surface area contributed by atoms with Crippen molar-refractivity contribution in [3.05, 3.63) is 30.3 Å². The van der Waals surface area contributed by atoms with Crippen LogP contribution in [0.1, 0.15) is 0 Å². The van der Waals surface area contributed by atoms with E-state index in [9.17, 15) is 4.79 Å². The minimum atomic E-state index is -0.734. The van der Waals surface area contributed by atoms with Crippen molar-refractivity contribution in [2.75, 3.05) is 13.7 Å². The van der Waals surface area contributed by atoms with Crippen molar-refractivity contribution in [2.24, 2.45) is 5.73 Å². The van der Waals surface area contributed by atoms with Gasteiger partial charge in [0.2, 0.25) is 6.10 Å². The molecule has 0 unspecified atom stereocenters. The van der Waals surface area contributed by atoms with Crippen molar-refractivity contribution < 1.29 is 14.3 Å². The summed E-state index contributed by atoms with van der Waals surface area (Å²) in [5, 5.41) is 0. The van der Waals surface area contributed by atoms with Crippen molar-refractivity contribution in [1.82, 2.24) is 0 Å². The number of rotatable bonds is 4. The van der Waals surface area contributed by atoms with Crippen LogP contribution < -0.4 is 10.5 Å². The lowest BCUT2D eigenvalue weighted by Crippen LogP contribution is -2.35. The number of esters is 1. The highest BCUT2D eigenvalue weighted by atomic mass is 35.5. The highest BCUT2D eigenvalue weighted by Crippen LogP contribution is 2.10. The van der Waals surface area contributed by atoms with Gasteiger partial charge in [-0.05, 0) is 12.1 Å². The predicted molar refractivity (Wildman–Crippen MR) is 59.2 cm³/mol. The molecule has 15 heavy (non-hydrogen) atoms. The number of hydrogen-bond donors (Lipinski definition) is 1. The molecular weight excluding hydrogens is 218 g/mol. The maximum absolute atomic E-state index is 11.1. The molecule has 4 nitrogen and oxygen atoms in total. The molecule has 84 valence electrons. The zero-order valence-electron chi connectivity index (χ0n) is 8.38. The van der Waals surface area contributed by atoms with Crippen LogP contribution in [0.2, 0.25) is 0 Å². The molecule has 0 saturated heterocycles. The smallest absolute Gasteiger partial charge is 0.348 e. The van der Waals surface area contributed by atoms with Crippen LogP contribution in [0.3, 0.4) is 0 Å². The first-order valence-electron chi connectivity index (χ1n) is 4.27. The SMILES string of the molecule is COC(=O)[C@@H](CN)Oc1ccccc1.Cl. The Morgan fingerprint density at radius 2 is 2.00 bits per heavy atom. The van der Waals surface area contributed by atoms with Crippen molar-refractivity contribution in [3.63, 3.8) is 0 Å². The van der Waals surface area contributed by atoms with Crippen LogP contribution in [0.5, 0.6) is 5.75 Å². The molecule has 0 aliphatic carbocycles. The minimum absolute atomic E-state index is 0. The third-order valence-corrected chi connectivity index (χ3v) is 1.70. The van der Waals surface area contributed by atoms with Crippen LogP contribution in [-0.2, 0) is 9.53 Å². The predicted octanol–water partition coefficient (Wildman–Crippen LogP) is 0.987. The first-order valence-corrected chi connectivity index (χ1v) is 4.27. The third kappa shape index (κ3) is 4.18. The molecule has 0 radical (unpaired) electrons. The number of halogens is 1. The van der Waals surface area contributed by atoms with Gasteiger partial charge in [-0.3, -0.25) is 0 Å². The number of nitrogens with two attached hydrogens (primary N) is 1. The zero-order chi connectivity index (χ0) is 10.4. The number of para-hydroxylation sites is 1. The number of carbonyl (C=O) groups is 1. The maximum atomic E-state index is 11.1. The topological polar surface area (TPSA) is 61.5 Å². The third-order valence-electron chi connectivity index (χ3n) is 1.70. The largest absolute Gasteiger partial charge is 0.477 e. The van der Waals surface area contributed by atoms with Gasteiger partial charge in [0.25, 0.3) is 0 Å². The summed E-state index contributed by atoms with van der Waals surface area (Å²) in [5.74, 6) is 0.143. The number of methoxy groups -OCH3 is 1. The summed E-state index contributed by atoms with van der Waals surface area (Å²) in [6, 6.07) is 9.01. The van der Waals surface area contributed by atoms with Crippen LogP contribution in [0.15, 0.2) is 30.3 Å². The Labute approximate surface area is 94.8 Å². The van der Waals surface area contributed by atoms with Gasteiger partial charge in [0.05, 0.1) is 7.11 Å². The van der Waals surface area contributed by atoms with Gasteiger partial charge in [-0.2, -0.15) is 0 Å². The summed E-state index contributed by atoms with van der Waals surface area (Å²) in [7, 11) is 1.30. The molecule has 0 saturated carbocycles. The average Bonchev–Trinajstić information content (AvgIpc) is 2.26. The molecule has 1 atom stereocenters. The Hall–Kier alpha value is -1.26. The summed E-state index contributed by atoms with van der Waals surface area (Å²) < 4.78 is 9.85. The molecule has 5 heteroatoms. The fourth-order valence-corrected chi connectivity index (χ4v) is 0.987. The lowest BCUT2D eigenvalue weighted by Gasteiger charge is -2.14. The van der Waals surface area contributed by atoms with Crippen molar-refractivity contribution in [1.29, 1.82) is 0 Å². The van der Waals surface area contributed by atoms with E-state index in [1.807, 2.05) is 18.2 Å². The summed E-state index contributed by atoms with van der Waals surface area (Å²) in [5.41, 5.74) is 5.37. The standard InChI is InChI=1S/C10H13NO3.ClH/c1-13-10(12)9(7-11)14-8-5-3-2-4-6-8;/h2-6,9H,7,11H2,1H3;1H/t9-;/m1./s1. The van der Waals surface area contributed by atoms with Gasteiger partial charge in [0.1, 0.15) is 5.75 Å². The van der Waals surface area contributed by atoms with Crippen LogP contribution in [-0.4, -0.2) is 25.7 Å². The van der Waals surface area contributed by atoms with E-state index in [0.29, 0.717) is 5.75 Å². The molecule has 0 amide bonds. The number of carbonyl (C=O) groups excluding carboxylic acids is 1. The van der Waals surface area contributed by atoms with Crippen molar-refractivity contribution in [3.8, 4) is 5.75 Å². The normalized spacial score (nSPS) is 11.1. The Kier molecular flexibility index (Phi) is 6.49. The van der Waals surface area contributed by atoms with E-state index < -0.39 is 12.1 Å². The second-order valence-electron chi connectivity index (χ2n) is 2.68. The number of ether oxygens (including phenoxy) is 2. The minimum Gasteiger partial charge on any atom is -0.477 e. The van der Waals surface area contributed by atoms with Crippen LogP contribution >= 0.6 is 12.4 Å². The van der Waals surface area contributed by atoms with Gasteiger partial charge >= 0.3 is 5.97 Å². The Morgan fingerprint density at radius 1 is 1.40 bits per heavy atom. The molecule has 1 aromatic carbocycles. The van der Waals surface area contributed by atoms with Gasteiger partial charge < -0.3 is 15.2 Å². The Morgan fingerprint density at radius 3 is 2.47 bits per heavy atom. The first kappa shape index (κ1) is 13.7. The quantitative estimate of drug-likeness (QED) is 0.785. The van der Waals surface area contributed by atoms with Gasteiger partial charge in [-0.1, -0.05) is 18.2 Å². The van der Waals surface area contributed by atoms with E-state index in [2.05, 4.69) is 4.74 Å². The fourth-order valence-electron chi connectivity index (χ4n) is 0.987. The zero-order valence-corrected chi connectivity index (χ0v) is 9.20. The lowest BCUT2D eigenvalue weighted by atomic mass is 10.3. The van der Waals surface area contributed by atoms with E-state index in [4.69, 9.17) is 10.5 Å². The number of hydrogen-bond acceptors (Lipinski definition) is 4. The Bertz CT molecular complexity index is 292. The van der Waals surface area contributed by atoms with E-state index in [-0.39, 0.29) is 19.0 Å². The van der Waals surface area contributed by atoms with Gasteiger partial charge in [-0.15, -0.1) is 12.4 Å². The molecule has 2 N–H and O–H groups in total. The molecule has 0 bridgehead atoms. The van der Waals surface area contributed by atoms with E-state index in [1.165, 1.54) is 7.11 Å². The fraction of sp³-hybridized carbons (Fsp3) is 0.300. The second kappa shape index (κ2) is 7.09. The molecule has 1 aromatic rings.